The fourth-order valence-corrected chi connectivity index (χ4v) is 2.77. The van der Waals surface area contributed by atoms with Crippen LogP contribution in [0.4, 0.5) is 5.69 Å². The van der Waals surface area contributed by atoms with Crippen molar-refractivity contribution in [2.24, 2.45) is 0 Å². The molecule has 0 unspecified atom stereocenters. The van der Waals surface area contributed by atoms with Crippen molar-refractivity contribution < 1.29 is 23.9 Å². The van der Waals surface area contributed by atoms with Crippen molar-refractivity contribution in [3.8, 4) is 11.5 Å². The van der Waals surface area contributed by atoms with E-state index in [9.17, 15) is 14.4 Å². The second-order valence-corrected chi connectivity index (χ2v) is 5.33. The zero-order valence-electron chi connectivity index (χ0n) is 12.8. The Morgan fingerprint density at radius 1 is 0.958 bits per heavy atom. The molecule has 0 fully saturated rings. The van der Waals surface area contributed by atoms with E-state index in [1.54, 1.807) is 24.3 Å². The number of anilines is 1. The Labute approximate surface area is 142 Å². The van der Waals surface area contributed by atoms with E-state index in [-0.39, 0.29) is 33.9 Å². The maximum atomic E-state index is 12.6. The standard InChI is InChI=1S/C17H12ClNO5/c1-23-13-7-11(15(18)20)12(8-14(13)24-2)19-16(21)9-5-3-4-6-10(9)17(19)22/h3-8H,1-2H3. The van der Waals surface area contributed by atoms with Crippen LogP contribution >= 0.6 is 11.6 Å². The lowest BCUT2D eigenvalue weighted by Crippen LogP contribution is -2.30. The number of ether oxygens (including phenoxy) is 2. The Hall–Kier alpha value is -2.86. The van der Waals surface area contributed by atoms with Crippen LogP contribution < -0.4 is 14.4 Å². The van der Waals surface area contributed by atoms with Crippen LogP contribution in [0.1, 0.15) is 31.1 Å². The van der Waals surface area contributed by atoms with Crippen molar-refractivity contribution >= 4 is 34.3 Å². The van der Waals surface area contributed by atoms with E-state index in [0.717, 1.165) is 4.90 Å². The number of methoxy groups -OCH3 is 2. The average molecular weight is 346 g/mol. The molecule has 1 aliphatic rings. The highest BCUT2D eigenvalue weighted by molar-refractivity contribution is 6.68. The number of rotatable bonds is 4. The van der Waals surface area contributed by atoms with Gasteiger partial charge in [0.05, 0.1) is 36.6 Å². The maximum Gasteiger partial charge on any atom is 0.266 e. The van der Waals surface area contributed by atoms with Gasteiger partial charge in [-0.3, -0.25) is 14.4 Å². The second-order valence-electron chi connectivity index (χ2n) is 4.99. The molecule has 0 atom stereocenters. The Balaban J connectivity index is 2.21. The molecule has 122 valence electrons. The number of fused-ring (bicyclic) bond motifs is 1. The van der Waals surface area contributed by atoms with Crippen LogP contribution in [0.3, 0.4) is 0 Å². The van der Waals surface area contributed by atoms with E-state index in [4.69, 9.17) is 21.1 Å². The summed E-state index contributed by atoms with van der Waals surface area (Å²) in [6.07, 6.45) is 0. The lowest BCUT2D eigenvalue weighted by Gasteiger charge is -2.19. The van der Waals surface area contributed by atoms with Crippen molar-refractivity contribution in [1.82, 2.24) is 0 Å². The Kier molecular flexibility index (Phi) is 3.99. The number of benzene rings is 2. The third kappa shape index (κ3) is 2.32. The summed E-state index contributed by atoms with van der Waals surface area (Å²) in [7, 11) is 2.81. The summed E-state index contributed by atoms with van der Waals surface area (Å²) in [4.78, 5) is 37.9. The number of amides is 2. The normalized spacial score (nSPS) is 13.0. The van der Waals surface area contributed by atoms with Gasteiger partial charge in [-0.15, -0.1) is 0 Å². The molecule has 2 aromatic carbocycles. The number of hydrogen-bond acceptors (Lipinski definition) is 5. The number of hydrogen-bond donors (Lipinski definition) is 0. The molecule has 2 aromatic rings. The minimum absolute atomic E-state index is 0.0242. The van der Waals surface area contributed by atoms with E-state index in [1.165, 1.54) is 26.4 Å². The van der Waals surface area contributed by atoms with Crippen molar-refractivity contribution in [2.75, 3.05) is 19.1 Å². The van der Waals surface area contributed by atoms with Gasteiger partial charge < -0.3 is 9.47 Å². The van der Waals surface area contributed by atoms with Gasteiger partial charge in [0.25, 0.3) is 17.1 Å². The van der Waals surface area contributed by atoms with E-state index in [0.29, 0.717) is 0 Å². The van der Waals surface area contributed by atoms with Crippen LogP contribution in [-0.2, 0) is 0 Å². The van der Waals surface area contributed by atoms with E-state index < -0.39 is 17.1 Å². The first-order valence-corrected chi connectivity index (χ1v) is 7.31. The number of halogens is 1. The fourth-order valence-electron chi connectivity index (χ4n) is 2.62. The Bertz CT molecular complexity index is 842. The summed E-state index contributed by atoms with van der Waals surface area (Å²) in [6, 6.07) is 9.16. The second kappa shape index (κ2) is 5.98. The van der Waals surface area contributed by atoms with Crippen LogP contribution in [0.25, 0.3) is 0 Å². The first-order valence-electron chi connectivity index (χ1n) is 6.93. The summed E-state index contributed by atoms with van der Waals surface area (Å²) in [5, 5.41) is -0.817. The summed E-state index contributed by atoms with van der Waals surface area (Å²) >= 11 is 5.63. The summed E-state index contributed by atoms with van der Waals surface area (Å²) in [5.41, 5.74) is 0.568. The molecule has 0 aliphatic carbocycles. The highest BCUT2D eigenvalue weighted by atomic mass is 35.5. The number of imide groups is 1. The minimum atomic E-state index is -0.817. The van der Waals surface area contributed by atoms with Gasteiger partial charge in [-0.1, -0.05) is 12.1 Å². The zero-order chi connectivity index (χ0) is 17.4. The molecule has 0 spiro atoms. The van der Waals surface area contributed by atoms with Crippen molar-refractivity contribution in [3.05, 3.63) is 53.1 Å². The van der Waals surface area contributed by atoms with Gasteiger partial charge in [0.1, 0.15) is 0 Å². The average Bonchev–Trinajstić information content (AvgIpc) is 2.85. The number of carbonyl (C=O) groups is 3. The zero-order valence-corrected chi connectivity index (χ0v) is 13.6. The molecule has 0 radical (unpaired) electrons. The SMILES string of the molecule is COc1cc(C(=O)Cl)c(N2C(=O)c3ccccc3C2=O)cc1OC. The molecule has 1 heterocycles. The highest BCUT2D eigenvalue weighted by Gasteiger charge is 2.38. The van der Waals surface area contributed by atoms with Crippen LogP contribution in [-0.4, -0.2) is 31.3 Å². The van der Waals surface area contributed by atoms with Crippen LogP contribution in [0.5, 0.6) is 11.5 Å². The maximum absolute atomic E-state index is 12.6. The minimum Gasteiger partial charge on any atom is -0.493 e. The van der Waals surface area contributed by atoms with Gasteiger partial charge in [0.15, 0.2) is 11.5 Å². The van der Waals surface area contributed by atoms with E-state index >= 15 is 0 Å². The van der Waals surface area contributed by atoms with Crippen molar-refractivity contribution in [2.45, 2.75) is 0 Å². The third-order valence-electron chi connectivity index (χ3n) is 3.75. The molecule has 3 rings (SSSR count). The number of nitrogens with zero attached hydrogens (tertiary/aromatic N) is 1. The van der Waals surface area contributed by atoms with Crippen molar-refractivity contribution in [1.29, 1.82) is 0 Å². The predicted octanol–water partition coefficient (Wildman–Crippen LogP) is 2.88. The topological polar surface area (TPSA) is 72.9 Å². The molecule has 0 N–H and O–H groups in total. The molecule has 0 saturated carbocycles. The summed E-state index contributed by atoms with van der Waals surface area (Å²) in [6.45, 7) is 0. The van der Waals surface area contributed by atoms with Gasteiger partial charge in [0, 0.05) is 6.07 Å². The molecule has 0 saturated heterocycles. The first kappa shape index (κ1) is 16.0. The predicted molar refractivity (Wildman–Crippen MR) is 87.3 cm³/mol. The smallest absolute Gasteiger partial charge is 0.266 e. The molecular weight excluding hydrogens is 334 g/mol. The van der Waals surface area contributed by atoms with Gasteiger partial charge in [-0.05, 0) is 29.8 Å². The van der Waals surface area contributed by atoms with E-state index in [1.807, 2.05) is 0 Å². The quantitative estimate of drug-likeness (QED) is 0.629. The molecule has 7 heteroatoms. The molecule has 24 heavy (non-hydrogen) atoms. The fraction of sp³-hybridized carbons (Fsp3) is 0.118. The third-order valence-corrected chi connectivity index (χ3v) is 3.95. The van der Waals surface area contributed by atoms with Gasteiger partial charge in [-0.2, -0.15) is 0 Å². The highest BCUT2D eigenvalue weighted by Crippen LogP contribution is 2.39. The lowest BCUT2D eigenvalue weighted by molar-refractivity contribution is 0.0926. The molecule has 0 aromatic heterocycles. The Morgan fingerprint density at radius 2 is 1.46 bits per heavy atom. The van der Waals surface area contributed by atoms with Crippen LogP contribution in [0.15, 0.2) is 36.4 Å². The molecule has 1 aliphatic heterocycles. The monoisotopic (exact) mass is 345 g/mol. The molecular formula is C17H12ClNO5. The summed E-state index contributed by atoms with van der Waals surface area (Å²) < 4.78 is 10.3. The molecule has 6 nitrogen and oxygen atoms in total. The van der Waals surface area contributed by atoms with Gasteiger partial charge in [-0.25, -0.2) is 4.90 Å². The van der Waals surface area contributed by atoms with Crippen LogP contribution in [0.2, 0.25) is 0 Å². The molecule has 2 amide bonds. The lowest BCUT2D eigenvalue weighted by atomic mass is 10.1. The molecule has 0 bridgehead atoms. The van der Waals surface area contributed by atoms with Crippen LogP contribution in [0, 0.1) is 0 Å². The van der Waals surface area contributed by atoms with Gasteiger partial charge >= 0.3 is 0 Å². The van der Waals surface area contributed by atoms with Crippen molar-refractivity contribution in [3.63, 3.8) is 0 Å². The summed E-state index contributed by atoms with van der Waals surface area (Å²) in [5.74, 6) is -0.517. The largest absolute Gasteiger partial charge is 0.493 e. The Morgan fingerprint density at radius 3 is 1.92 bits per heavy atom. The van der Waals surface area contributed by atoms with E-state index in [2.05, 4.69) is 0 Å². The first-order chi connectivity index (χ1) is 11.5. The van der Waals surface area contributed by atoms with Gasteiger partial charge in [0.2, 0.25) is 0 Å². The number of carbonyl (C=O) groups excluding carboxylic acids is 3.